The minimum atomic E-state index is -0.481. The Morgan fingerprint density at radius 2 is 1.89 bits per heavy atom. The number of hydrogen-bond acceptors (Lipinski definition) is 5. The zero-order valence-electron chi connectivity index (χ0n) is 16.2. The number of nitrogens with zero attached hydrogens (tertiary/aromatic N) is 2. The molecule has 0 saturated heterocycles. The highest BCUT2D eigenvalue weighted by molar-refractivity contribution is 6.32. The molecule has 3 rings (SSSR count). The van der Waals surface area contributed by atoms with Crippen molar-refractivity contribution in [3.8, 4) is 17.1 Å². The van der Waals surface area contributed by atoms with E-state index >= 15 is 0 Å². The topological polar surface area (TPSA) is 77.2 Å². The molecule has 0 bridgehead atoms. The van der Waals surface area contributed by atoms with Crippen LogP contribution in [0.1, 0.15) is 43.1 Å². The number of nitrogens with one attached hydrogen (secondary N) is 1. The molecular formula is C21H22ClN3O3. The Kier molecular flexibility index (Phi) is 5.70. The molecule has 2 aromatic carbocycles. The van der Waals surface area contributed by atoms with Gasteiger partial charge in [0.2, 0.25) is 11.7 Å². The molecule has 1 amide bonds. The van der Waals surface area contributed by atoms with Gasteiger partial charge in [-0.3, -0.25) is 4.79 Å². The predicted molar refractivity (Wildman–Crippen MR) is 107 cm³/mol. The van der Waals surface area contributed by atoms with Crippen molar-refractivity contribution >= 4 is 17.5 Å². The lowest BCUT2D eigenvalue weighted by molar-refractivity contribution is 0.0880. The molecule has 0 radical (unpaired) electrons. The second-order valence-electron chi connectivity index (χ2n) is 7.44. The number of halogens is 1. The molecule has 0 saturated carbocycles. The van der Waals surface area contributed by atoms with Crippen LogP contribution in [0, 0.1) is 5.41 Å². The standard InChI is InChI=1S/C21H22ClN3O3/c1-21(2,3)17(20-24-18(25-28-20)13-8-6-5-7-9-13)23-19(26)14-10-11-16(27-4)15(22)12-14/h5-12,17H,1-4H3,(H,23,26)/t17-/m0/s1. The number of amides is 1. The van der Waals surface area contributed by atoms with E-state index in [4.69, 9.17) is 20.9 Å². The zero-order valence-corrected chi connectivity index (χ0v) is 16.9. The lowest BCUT2D eigenvalue weighted by atomic mass is 9.86. The molecule has 0 aliphatic carbocycles. The van der Waals surface area contributed by atoms with E-state index in [0.29, 0.717) is 28.1 Å². The molecule has 0 unspecified atom stereocenters. The Morgan fingerprint density at radius 1 is 1.18 bits per heavy atom. The van der Waals surface area contributed by atoms with E-state index in [1.807, 2.05) is 51.1 Å². The molecule has 1 atom stereocenters. The van der Waals surface area contributed by atoms with E-state index in [2.05, 4.69) is 15.5 Å². The normalized spacial score (nSPS) is 12.5. The number of carbonyl (C=O) groups excluding carboxylic acids is 1. The summed E-state index contributed by atoms with van der Waals surface area (Å²) >= 11 is 6.14. The van der Waals surface area contributed by atoms with Crippen LogP contribution in [-0.4, -0.2) is 23.2 Å². The smallest absolute Gasteiger partial charge is 0.252 e. The van der Waals surface area contributed by atoms with Crippen LogP contribution in [0.25, 0.3) is 11.4 Å². The predicted octanol–water partition coefficient (Wildman–Crippen LogP) is 4.92. The number of hydrogen-bond donors (Lipinski definition) is 1. The first-order valence-corrected chi connectivity index (χ1v) is 9.21. The summed E-state index contributed by atoms with van der Waals surface area (Å²) in [5.41, 5.74) is 0.910. The van der Waals surface area contributed by atoms with Gasteiger partial charge in [0.05, 0.1) is 12.1 Å². The second-order valence-corrected chi connectivity index (χ2v) is 7.85. The summed E-state index contributed by atoms with van der Waals surface area (Å²) < 4.78 is 10.6. The van der Waals surface area contributed by atoms with Gasteiger partial charge in [0.15, 0.2) is 0 Å². The SMILES string of the molecule is COc1ccc(C(=O)N[C@@H](c2nc(-c3ccccc3)no2)C(C)(C)C)cc1Cl. The van der Waals surface area contributed by atoms with Crippen LogP contribution in [0.4, 0.5) is 0 Å². The van der Waals surface area contributed by atoms with Gasteiger partial charge in [-0.25, -0.2) is 0 Å². The fourth-order valence-corrected chi connectivity index (χ4v) is 2.99. The molecule has 6 nitrogen and oxygen atoms in total. The highest BCUT2D eigenvalue weighted by Crippen LogP contribution is 2.33. The maximum Gasteiger partial charge on any atom is 0.252 e. The van der Waals surface area contributed by atoms with Crippen molar-refractivity contribution in [3.05, 3.63) is 65.0 Å². The van der Waals surface area contributed by atoms with Crippen LogP contribution in [0.15, 0.2) is 53.1 Å². The monoisotopic (exact) mass is 399 g/mol. The van der Waals surface area contributed by atoms with E-state index in [1.54, 1.807) is 18.2 Å². The van der Waals surface area contributed by atoms with Crippen molar-refractivity contribution in [3.63, 3.8) is 0 Å². The summed E-state index contributed by atoms with van der Waals surface area (Å²) in [5, 5.41) is 7.41. The van der Waals surface area contributed by atoms with Gasteiger partial charge in [-0.05, 0) is 23.6 Å². The lowest BCUT2D eigenvalue weighted by Crippen LogP contribution is -2.36. The van der Waals surface area contributed by atoms with E-state index in [-0.39, 0.29) is 11.3 Å². The van der Waals surface area contributed by atoms with Gasteiger partial charge in [-0.2, -0.15) is 4.98 Å². The highest BCUT2D eigenvalue weighted by Gasteiger charge is 2.33. The minimum Gasteiger partial charge on any atom is -0.495 e. The van der Waals surface area contributed by atoms with Gasteiger partial charge in [0, 0.05) is 11.1 Å². The first-order valence-electron chi connectivity index (χ1n) is 8.83. The third-order valence-corrected chi connectivity index (χ3v) is 4.57. The lowest BCUT2D eigenvalue weighted by Gasteiger charge is -2.28. The summed E-state index contributed by atoms with van der Waals surface area (Å²) in [6, 6.07) is 13.9. The summed E-state index contributed by atoms with van der Waals surface area (Å²) in [5.74, 6) is 1.05. The fraction of sp³-hybridized carbons (Fsp3) is 0.286. The van der Waals surface area contributed by atoms with Gasteiger partial charge in [0.25, 0.3) is 5.91 Å². The molecule has 1 N–H and O–H groups in total. The van der Waals surface area contributed by atoms with Crippen molar-refractivity contribution < 1.29 is 14.1 Å². The van der Waals surface area contributed by atoms with Crippen LogP contribution in [-0.2, 0) is 0 Å². The highest BCUT2D eigenvalue weighted by atomic mass is 35.5. The second kappa shape index (κ2) is 8.02. The molecule has 3 aromatic rings. The van der Waals surface area contributed by atoms with E-state index in [0.717, 1.165) is 5.56 Å². The van der Waals surface area contributed by atoms with Crippen molar-refractivity contribution in [2.75, 3.05) is 7.11 Å². The number of aromatic nitrogens is 2. The Morgan fingerprint density at radius 3 is 2.50 bits per heavy atom. The summed E-state index contributed by atoms with van der Waals surface area (Å²) in [4.78, 5) is 17.3. The maximum atomic E-state index is 12.8. The average molecular weight is 400 g/mol. The minimum absolute atomic E-state index is 0.288. The van der Waals surface area contributed by atoms with Crippen LogP contribution in [0.3, 0.4) is 0 Å². The molecule has 1 heterocycles. The van der Waals surface area contributed by atoms with Crippen LogP contribution in [0.2, 0.25) is 5.02 Å². The van der Waals surface area contributed by atoms with E-state index in [9.17, 15) is 4.79 Å². The average Bonchev–Trinajstić information content (AvgIpc) is 3.15. The van der Waals surface area contributed by atoms with Crippen molar-refractivity contribution in [2.24, 2.45) is 5.41 Å². The summed E-state index contributed by atoms with van der Waals surface area (Å²) in [6.07, 6.45) is 0. The molecule has 1 aromatic heterocycles. The number of ether oxygens (including phenoxy) is 1. The molecular weight excluding hydrogens is 378 g/mol. The first kappa shape index (κ1) is 19.9. The Bertz CT molecular complexity index is 965. The van der Waals surface area contributed by atoms with Gasteiger partial charge in [-0.15, -0.1) is 0 Å². The van der Waals surface area contributed by atoms with Gasteiger partial charge in [-0.1, -0.05) is 67.9 Å². The molecule has 0 aliphatic heterocycles. The van der Waals surface area contributed by atoms with Gasteiger partial charge in [0.1, 0.15) is 11.8 Å². The van der Waals surface area contributed by atoms with Gasteiger partial charge >= 0.3 is 0 Å². The largest absolute Gasteiger partial charge is 0.495 e. The van der Waals surface area contributed by atoms with E-state index in [1.165, 1.54) is 7.11 Å². The Labute approximate surface area is 168 Å². The zero-order chi connectivity index (χ0) is 20.3. The quantitative estimate of drug-likeness (QED) is 0.659. The Balaban J connectivity index is 1.87. The first-order chi connectivity index (χ1) is 13.3. The van der Waals surface area contributed by atoms with Crippen LogP contribution in [0.5, 0.6) is 5.75 Å². The maximum absolute atomic E-state index is 12.8. The van der Waals surface area contributed by atoms with Crippen LogP contribution >= 0.6 is 11.6 Å². The third kappa shape index (κ3) is 4.34. The van der Waals surface area contributed by atoms with Crippen molar-refractivity contribution in [1.82, 2.24) is 15.5 Å². The number of methoxy groups -OCH3 is 1. The van der Waals surface area contributed by atoms with E-state index < -0.39 is 6.04 Å². The molecule has 28 heavy (non-hydrogen) atoms. The molecule has 146 valence electrons. The molecule has 0 spiro atoms. The molecule has 7 heteroatoms. The Hall–Kier alpha value is -2.86. The van der Waals surface area contributed by atoms with Crippen molar-refractivity contribution in [1.29, 1.82) is 0 Å². The number of carbonyl (C=O) groups is 1. The third-order valence-electron chi connectivity index (χ3n) is 4.28. The summed E-state index contributed by atoms with van der Waals surface area (Å²) in [6.45, 7) is 5.97. The van der Waals surface area contributed by atoms with Crippen LogP contribution < -0.4 is 10.1 Å². The number of rotatable bonds is 5. The fourth-order valence-electron chi connectivity index (χ4n) is 2.73. The molecule has 0 aliphatic rings. The number of benzene rings is 2. The molecule has 0 fully saturated rings. The van der Waals surface area contributed by atoms with Gasteiger partial charge < -0.3 is 14.6 Å². The van der Waals surface area contributed by atoms with Crippen molar-refractivity contribution in [2.45, 2.75) is 26.8 Å². The summed E-state index contributed by atoms with van der Waals surface area (Å²) in [7, 11) is 1.52.